The molecule has 11 heavy (non-hydrogen) atoms. The van der Waals surface area contributed by atoms with Gasteiger partial charge in [0.25, 0.3) is 0 Å². The summed E-state index contributed by atoms with van der Waals surface area (Å²) >= 11 is 0. The molecule has 1 rings (SSSR count). The quantitative estimate of drug-likeness (QED) is 0.486. The highest BCUT2D eigenvalue weighted by molar-refractivity contribution is 5.51. The van der Waals surface area contributed by atoms with Crippen molar-refractivity contribution >= 4 is 5.69 Å². The Hall–Kier alpha value is -1.58. The van der Waals surface area contributed by atoms with Crippen LogP contribution in [0.15, 0.2) is 18.2 Å². The van der Waals surface area contributed by atoms with Gasteiger partial charge in [-0.25, -0.2) is 0 Å². The molecule has 0 saturated carbocycles. The first-order valence-electron chi connectivity index (χ1n) is 2.85. The van der Waals surface area contributed by atoms with Gasteiger partial charge in [-0.2, -0.15) is 0 Å². The Bertz CT molecular complexity index is 296. The van der Waals surface area contributed by atoms with Crippen molar-refractivity contribution in [2.75, 3.05) is 0 Å². The highest BCUT2D eigenvalue weighted by Crippen LogP contribution is 2.27. The molecule has 0 aliphatic carbocycles. The first-order chi connectivity index (χ1) is 5.13. The van der Waals surface area contributed by atoms with Crippen molar-refractivity contribution in [3.05, 3.63) is 40.8 Å². The Morgan fingerprint density at radius 3 is 2.64 bits per heavy atom. The summed E-state index contributed by atoms with van der Waals surface area (Å²) in [5.41, 5.74) is -0.357. The lowest BCUT2D eigenvalue weighted by Gasteiger charge is -1.96. The Labute approximate surface area is 63.2 Å². The molecule has 0 saturated heterocycles. The summed E-state index contributed by atoms with van der Waals surface area (Å²) in [5, 5.41) is 19.2. The fourth-order valence-corrected chi connectivity index (χ4v) is 0.696. The van der Waals surface area contributed by atoms with Gasteiger partial charge in [-0.05, 0) is 0 Å². The summed E-state index contributed by atoms with van der Waals surface area (Å²) in [7, 11) is 0. The number of hydrogen-bond donors (Lipinski definition) is 1. The third-order valence-corrected chi connectivity index (χ3v) is 1.24. The number of para-hydroxylation sites is 1. The van der Waals surface area contributed by atoms with Gasteiger partial charge in [0, 0.05) is 18.6 Å². The van der Waals surface area contributed by atoms with Crippen molar-refractivity contribution in [1.29, 1.82) is 0 Å². The van der Waals surface area contributed by atoms with E-state index in [4.69, 9.17) is 12.0 Å². The summed E-state index contributed by atoms with van der Waals surface area (Å²) in [6.45, 7) is 5.20. The monoisotopic (exact) mass is 151 g/mol. The van der Waals surface area contributed by atoms with Crippen molar-refractivity contribution in [3.8, 4) is 5.75 Å². The maximum absolute atomic E-state index is 10.2. The predicted octanol–water partition coefficient (Wildman–Crippen LogP) is 1.36. The molecule has 0 bridgehead atoms. The van der Waals surface area contributed by atoms with Gasteiger partial charge in [0.15, 0.2) is 5.75 Å². The van der Waals surface area contributed by atoms with Crippen LogP contribution in [-0.2, 0) is 0 Å². The minimum atomic E-state index is -0.689. The summed E-state index contributed by atoms with van der Waals surface area (Å²) in [6.07, 6.45) is 0. The molecular weight excluding hydrogens is 146 g/mol. The van der Waals surface area contributed by atoms with E-state index in [0.717, 1.165) is 0 Å². The second-order valence-corrected chi connectivity index (χ2v) is 1.97. The number of nitro benzene ring substituents is 1. The molecule has 0 atom stereocenters. The number of phenolic OH excluding ortho intramolecular Hbond substituents is 1. The number of phenols is 1. The van der Waals surface area contributed by atoms with E-state index in [-0.39, 0.29) is 11.3 Å². The van der Waals surface area contributed by atoms with Gasteiger partial charge in [0.2, 0.25) is 0 Å². The van der Waals surface area contributed by atoms with Gasteiger partial charge >= 0.3 is 5.69 Å². The molecule has 1 aromatic rings. The Morgan fingerprint density at radius 1 is 1.55 bits per heavy atom. The molecule has 0 unspecified atom stereocenters. The SMILES string of the molecule is [CH]c1cccc([N+](=O)[O-])c1O. The van der Waals surface area contributed by atoms with Crippen LogP contribution in [-0.4, -0.2) is 10.0 Å². The largest absolute Gasteiger partial charge is 0.502 e. The second kappa shape index (κ2) is 2.57. The van der Waals surface area contributed by atoms with Crippen molar-refractivity contribution in [3.63, 3.8) is 0 Å². The fourth-order valence-electron chi connectivity index (χ4n) is 0.696. The molecule has 0 amide bonds. The summed E-state index contributed by atoms with van der Waals surface area (Å²) in [5.74, 6) is -0.475. The molecule has 0 aromatic heterocycles. The maximum atomic E-state index is 10.2. The summed E-state index contributed by atoms with van der Waals surface area (Å²) in [4.78, 5) is 9.48. The van der Waals surface area contributed by atoms with Gasteiger partial charge in [0.1, 0.15) is 0 Å². The Kier molecular flexibility index (Phi) is 1.76. The van der Waals surface area contributed by atoms with Crippen LogP contribution in [0.3, 0.4) is 0 Å². The lowest BCUT2D eigenvalue weighted by molar-refractivity contribution is -0.385. The zero-order valence-electron chi connectivity index (χ0n) is 5.52. The predicted molar refractivity (Wildman–Crippen MR) is 38.2 cm³/mol. The topological polar surface area (TPSA) is 63.4 Å². The molecule has 0 heterocycles. The zero-order valence-corrected chi connectivity index (χ0v) is 5.52. The molecule has 0 aliphatic heterocycles. The lowest BCUT2D eigenvalue weighted by atomic mass is 10.2. The van der Waals surface area contributed by atoms with Gasteiger partial charge in [-0.15, -0.1) is 0 Å². The van der Waals surface area contributed by atoms with Crippen LogP contribution in [0.4, 0.5) is 5.69 Å². The third-order valence-electron chi connectivity index (χ3n) is 1.24. The Balaban J connectivity index is 3.27. The van der Waals surface area contributed by atoms with E-state index >= 15 is 0 Å². The van der Waals surface area contributed by atoms with Crippen LogP contribution in [0.1, 0.15) is 5.56 Å². The minimum absolute atomic E-state index is 0.0131. The molecule has 0 aliphatic rings. The van der Waals surface area contributed by atoms with E-state index in [1.165, 1.54) is 18.2 Å². The number of nitro groups is 1. The molecule has 1 aromatic carbocycles. The Morgan fingerprint density at radius 2 is 2.18 bits per heavy atom. The molecule has 1 N–H and O–H groups in total. The number of nitrogens with zero attached hydrogens (tertiary/aromatic N) is 1. The van der Waals surface area contributed by atoms with E-state index in [1.54, 1.807) is 0 Å². The van der Waals surface area contributed by atoms with Crippen LogP contribution in [0.2, 0.25) is 0 Å². The van der Waals surface area contributed by atoms with E-state index in [2.05, 4.69) is 0 Å². The molecule has 2 radical (unpaired) electrons. The fraction of sp³-hybridized carbons (Fsp3) is 0. The van der Waals surface area contributed by atoms with E-state index in [0.29, 0.717) is 0 Å². The lowest BCUT2D eigenvalue weighted by Crippen LogP contribution is -1.88. The van der Waals surface area contributed by atoms with Gasteiger partial charge in [-0.1, -0.05) is 12.1 Å². The van der Waals surface area contributed by atoms with Crippen LogP contribution >= 0.6 is 0 Å². The smallest absolute Gasteiger partial charge is 0.310 e. The minimum Gasteiger partial charge on any atom is -0.502 e. The molecule has 56 valence electrons. The number of benzene rings is 1. The van der Waals surface area contributed by atoms with Crippen LogP contribution in [0.5, 0.6) is 5.75 Å². The molecule has 4 heteroatoms. The first-order valence-corrected chi connectivity index (χ1v) is 2.85. The van der Waals surface area contributed by atoms with Crippen LogP contribution < -0.4 is 0 Å². The molecule has 0 fully saturated rings. The van der Waals surface area contributed by atoms with Crippen molar-refractivity contribution in [2.45, 2.75) is 0 Å². The van der Waals surface area contributed by atoms with Gasteiger partial charge in [0.05, 0.1) is 4.92 Å². The van der Waals surface area contributed by atoms with E-state index in [1.807, 2.05) is 0 Å². The zero-order chi connectivity index (χ0) is 8.43. The number of hydrogen-bond acceptors (Lipinski definition) is 3. The highest BCUT2D eigenvalue weighted by Gasteiger charge is 2.13. The van der Waals surface area contributed by atoms with E-state index < -0.39 is 10.7 Å². The first kappa shape index (κ1) is 7.53. The van der Waals surface area contributed by atoms with Crippen molar-refractivity contribution in [1.82, 2.24) is 0 Å². The molecular formula is C7H5NO3. The summed E-state index contributed by atoms with van der Waals surface area (Å²) < 4.78 is 0. The second-order valence-electron chi connectivity index (χ2n) is 1.97. The number of rotatable bonds is 1. The van der Waals surface area contributed by atoms with Crippen molar-refractivity contribution in [2.24, 2.45) is 0 Å². The van der Waals surface area contributed by atoms with E-state index in [9.17, 15) is 10.1 Å². The van der Waals surface area contributed by atoms with Crippen LogP contribution in [0, 0.1) is 17.0 Å². The molecule has 4 nitrogen and oxygen atoms in total. The van der Waals surface area contributed by atoms with Gasteiger partial charge in [-0.3, -0.25) is 10.1 Å². The number of aromatic hydroxyl groups is 1. The van der Waals surface area contributed by atoms with Gasteiger partial charge < -0.3 is 5.11 Å². The van der Waals surface area contributed by atoms with Crippen LogP contribution in [0.25, 0.3) is 0 Å². The standard InChI is InChI=1S/C7H5NO3/c1-5-3-2-4-6(7(5)9)8(10)11/h1-4,9H. The highest BCUT2D eigenvalue weighted by atomic mass is 16.6. The summed E-state index contributed by atoms with van der Waals surface area (Å²) in [6, 6.07) is 3.99. The average Bonchev–Trinajstić information content (AvgIpc) is 1.94. The van der Waals surface area contributed by atoms with Crippen molar-refractivity contribution < 1.29 is 10.0 Å². The maximum Gasteiger partial charge on any atom is 0.310 e. The normalized spacial score (nSPS) is 9.55. The average molecular weight is 151 g/mol. The molecule has 0 spiro atoms. The third kappa shape index (κ3) is 1.29.